The quantitative estimate of drug-likeness (QED) is 0.590. The smallest absolute Gasteiger partial charge is 0.191 e. The van der Waals surface area contributed by atoms with Gasteiger partial charge in [-0.15, -0.1) is 11.3 Å². The molecule has 0 spiro atoms. The number of sulfone groups is 1. The van der Waals surface area contributed by atoms with Crippen molar-refractivity contribution in [2.45, 2.75) is 39.3 Å². The fraction of sp³-hybridized carbons (Fsp3) is 0.643. The summed E-state index contributed by atoms with van der Waals surface area (Å²) in [5.41, 5.74) is 0. The predicted molar refractivity (Wildman–Crippen MR) is 90.8 cm³/mol. The van der Waals surface area contributed by atoms with Crippen LogP contribution < -0.4 is 10.6 Å². The summed E-state index contributed by atoms with van der Waals surface area (Å²) in [5.74, 6) is 0.880. The van der Waals surface area contributed by atoms with Gasteiger partial charge in [-0.05, 0) is 31.9 Å². The molecule has 0 aliphatic heterocycles. The Labute approximate surface area is 131 Å². The summed E-state index contributed by atoms with van der Waals surface area (Å²) in [4.78, 5) is 6.80. The molecule has 1 atom stereocenters. The van der Waals surface area contributed by atoms with E-state index in [4.69, 9.17) is 0 Å². The van der Waals surface area contributed by atoms with Crippen LogP contribution in [-0.4, -0.2) is 39.5 Å². The average molecular weight is 332 g/mol. The second-order valence-corrected chi connectivity index (χ2v) is 8.62. The summed E-state index contributed by atoms with van der Waals surface area (Å²) >= 11 is 1.79. The standard InChI is InChI=1S/C14H25N3O2S2/c1-5-12-6-7-13(20-12)10-16-14(15-3)17-11(2)8-9-21(4,18)19/h6-7,11H,5,8-10H2,1-4H3,(H2,15,16,17). The van der Waals surface area contributed by atoms with E-state index in [1.54, 1.807) is 18.4 Å². The number of aryl methyl sites for hydroxylation is 1. The number of thiophene rings is 1. The molecule has 0 bridgehead atoms. The van der Waals surface area contributed by atoms with Gasteiger partial charge in [-0.25, -0.2) is 8.42 Å². The molecule has 0 aliphatic carbocycles. The Kier molecular flexibility index (Phi) is 7.17. The highest BCUT2D eigenvalue weighted by molar-refractivity contribution is 7.90. The summed E-state index contributed by atoms with van der Waals surface area (Å²) < 4.78 is 22.3. The number of nitrogens with one attached hydrogen (secondary N) is 2. The lowest BCUT2D eigenvalue weighted by molar-refractivity contribution is 0.581. The van der Waals surface area contributed by atoms with E-state index in [1.807, 2.05) is 6.92 Å². The van der Waals surface area contributed by atoms with Gasteiger partial charge in [0, 0.05) is 29.1 Å². The van der Waals surface area contributed by atoms with Gasteiger partial charge in [-0.2, -0.15) is 0 Å². The third-order valence-corrected chi connectivity index (χ3v) is 5.23. The molecule has 21 heavy (non-hydrogen) atoms. The highest BCUT2D eigenvalue weighted by atomic mass is 32.2. The molecule has 0 aliphatic rings. The molecule has 1 rings (SSSR count). The second-order valence-electron chi connectivity index (χ2n) is 5.11. The third-order valence-electron chi connectivity index (χ3n) is 3.02. The van der Waals surface area contributed by atoms with Crippen molar-refractivity contribution in [3.63, 3.8) is 0 Å². The maximum Gasteiger partial charge on any atom is 0.191 e. The number of nitrogens with zero attached hydrogens (tertiary/aromatic N) is 1. The first-order valence-electron chi connectivity index (χ1n) is 7.06. The zero-order chi connectivity index (χ0) is 15.9. The van der Waals surface area contributed by atoms with Crippen molar-refractivity contribution >= 4 is 27.1 Å². The Morgan fingerprint density at radius 2 is 2.05 bits per heavy atom. The molecule has 1 aromatic heterocycles. The van der Waals surface area contributed by atoms with Crippen LogP contribution in [0.15, 0.2) is 17.1 Å². The first-order chi connectivity index (χ1) is 9.84. The summed E-state index contributed by atoms with van der Waals surface area (Å²) in [5, 5.41) is 6.46. The van der Waals surface area contributed by atoms with Crippen LogP contribution in [0.2, 0.25) is 0 Å². The summed E-state index contributed by atoms with van der Waals surface area (Å²) in [6.07, 6.45) is 2.88. The predicted octanol–water partition coefficient (Wildman–Crippen LogP) is 1.80. The number of hydrogen-bond acceptors (Lipinski definition) is 4. The van der Waals surface area contributed by atoms with E-state index < -0.39 is 9.84 Å². The van der Waals surface area contributed by atoms with Gasteiger partial charge in [0.25, 0.3) is 0 Å². The topological polar surface area (TPSA) is 70.6 Å². The summed E-state index contributed by atoms with van der Waals surface area (Å²) in [6.45, 7) is 4.83. The maximum absolute atomic E-state index is 11.2. The lowest BCUT2D eigenvalue weighted by Crippen LogP contribution is -2.42. The van der Waals surface area contributed by atoms with Crippen LogP contribution in [0, 0.1) is 0 Å². The lowest BCUT2D eigenvalue weighted by Gasteiger charge is -2.17. The van der Waals surface area contributed by atoms with Gasteiger partial charge in [-0.1, -0.05) is 6.92 Å². The molecule has 2 N–H and O–H groups in total. The highest BCUT2D eigenvalue weighted by Crippen LogP contribution is 2.16. The van der Waals surface area contributed by atoms with Crippen LogP contribution in [0.4, 0.5) is 0 Å². The van der Waals surface area contributed by atoms with Crippen LogP contribution in [0.25, 0.3) is 0 Å². The van der Waals surface area contributed by atoms with Crippen molar-refractivity contribution in [2.24, 2.45) is 4.99 Å². The minimum absolute atomic E-state index is 0.0560. The van der Waals surface area contributed by atoms with Crippen molar-refractivity contribution in [1.29, 1.82) is 0 Å². The van der Waals surface area contributed by atoms with E-state index in [2.05, 4.69) is 34.7 Å². The van der Waals surface area contributed by atoms with Gasteiger partial charge < -0.3 is 10.6 Å². The molecule has 0 saturated carbocycles. The molecule has 1 heterocycles. The first kappa shape index (κ1) is 18.0. The van der Waals surface area contributed by atoms with Gasteiger partial charge in [-0.3, -0.25) is 4.99 Å². The van der Waals surface area contributed by atoms with Crippen LogP contribution >= 0.6 is 11.3 Å². The van der Waals surface area contributed by atoms with Gasteiger partial charge in [0.15, 0.2) is 5.96 Å². The van der Waals surface area contributed by atoms with Crippen LogP contribution in [-0.2, 0) is 22.8 Å². The van der Waals surface area contributed by atoms with E-state index in [9.17, 15) is 8.42 Å². The minimum atomic E-state index is -2.92. The Morgan fingerprint density at radius 1 is 1.38 bits per heavy atom. The largest absolute Gasteiger partial charge is 0.354 e. The molecular formula is C14H25N3O2S2. The van der Waals surface area contributed by atoms with E-state index in [-0.39, 0.29) is 11.8 Å². The van der Waals surface area contributed by atoms with E-state index in [0.29, 0.717) is 12.4 Å². The van der Waals surface area contributed by atoms with Crippen LogP contribution in [0.1, 0.15) is 30.0 Å². The zero-order valence-electron chi connectivity index (χ0n) is 13.1. The first-order valence-corrected chi connectivity index (χ1v) is 9.94. The van der Waals surface area contributed by atoms with E-state index in [0.717, 1.165) is 13.0 Å². The highest BCUT2D eigenvalue weighted by Gasteiger charge is 2.09. The fourth-order valence-electron chi connectivity index (χ4n) is 1.77. The molecule has 0 amide bonds. The van der Waals surface area contributed by atoms with Crippen LogP contribution in [0.5, 0.6) is 0 Å². The van der Waals surface area contributed by atoms with Crippen molar-refractivity contribution in [1.82, 2.24) is 10.6 Å². The number of hydrogen-bond donors (Lipinski definition) is 2. The Morgan fingerprint density at radius 3 is 2.57 bits per heavy atom. The zero-order valence-corrected chi connectivity index (χ0v) is 14.8. The van der Waals surface area contributed by atoms with Crippen LogP contribution in [0.3, 0.4) is 0 Å². The SMILES string of the molecule is CCc1ccc(CNC(=NC)NC(C)CCS(C)(=O)=O)s1. The second kappa shape index (κ2) is 8.38. The van der Waals surface area contributed by atoms with Gasteiger partial charge >= 0.3 is 0 Å². The Balaban J connectivity index is 2.41. The molecule has 120 valence electrons. The monoisotopic (exact) mass is 331 g/mol. The van der Waals surface area contributed by atoms with Crippen molar-refractivity contribution in [3.8, 4) is 0 Å². The van der Waals surface area contributed by atoms with Gasteiger partial charge in [0.1, 0.15) is 9.84 Å². The average Bonchev–Trinajstić information content (AvgIpc) is 2.88. The molecular weight excluding hydrogens is 306 g/mol. The van der Waals surface area contributed by atoms with Crippen molar-refractivity contribution in [3.05, 3.63) is 21.9 Å². The number of guanidine groups is 1. The minimum Gasteiger partial charge on any atom is -0.354 e. The van der Waals surface area contributed by atoms with E-state index in [1.165, 1.54) is 16.0 Å². The Bertz CT molecular complexity index is 565. The molecule has 5 nitrogen and oxygen atoms in total. The van der Waals surface area contributed by atoms with E-state index >= 15 is 0 Å². The summed E-state index contributed by atoms with van der Waals surface area (Å²) in [7, 11) is -1.20. The normalized spacial score (nSPS) is 14.0. The molecule has 0 aromatic carbocycles. The molecule has 1 aromatic rings. The third kappa shape index (κ3) is 7.47. The van der Waals surface area contributed by atoms with Crippen molar-refractivity contribution < 1.29 is 8.42 Å². The number of aliphatic imine (C=N–C) groups is 1. The maximum atomic E-state index is 11.2. The fourth-order valence-corrected chi connectivity index (χ4v) is 3.45. The Hall–Kier alpha value is -1.08. The molecule has 0 fully saturated rings. The summed E-state index contributed by atoms with van der Waals surface area (Å²) in [6, 6.07) is 4.32. The van der Waals surface area contributed by atoms with Crippen molar-refractivity contribution in [2.75, 3.05) is 19.1 Å². The molecule has 0 saturated heterocycles. The number of rotatable bonds is 7. The lowest BCUT2D eigenvalue weighted by atomic mass is 10.3. The molecule has 7 heteroatoms. The molecule has 1 unspecified atom stereocenters. The van der Waals surface area contributed by atoms with Gasteiger partial charge in [0.2, 0.25) is 0 Å². The molecule has 0 radical (unpaired) electrons. The van der Waals surface area contributed by atoms with Gasteiger partial charge in [0.05, 0.1) is 12.3 Å².